The zero-order chi connectivity index (χ0) is 15.1. The van der Waals surface area contributed by atoms with Gasteiger partial charge in [-0.3, -0.25) is 4.79 Å². The number of piperidine rings is 1. The summed E-state index contributed by atoms with van der Waals surface area (Å²) in [6.07, 6.45) is 0.985. The summed E-state index contributed by atoms with van der Waals surface area (Å²) in [4.78, 5) is 16.4. The smallest absolute Gasteiger partial charge is 0.311 e. The lowest BCUT2D eigenvalue weighted by Crippen LogP contribution is -2.55. The number of rotatable bonds is 2. The van der Waals surface area contributed by atoms with Gasteiger partial charge in [0.25, 0.3) is 0 Å². The van der Waals surface area contributed by atoms with Crippen LogP contribution < -0.4 is 9.64 Å². The second-order valence-electron chi connectivity index (χ2n) is 6.11. The Morgan fingerprint density at radius 3 is 2.81 bits per heavy atom. The highest BCUT2D eigenvalue weighted by molar-refractivity contribution is 5.83. The fourth-order valence-corrected chi connectivity index (χ4v) is 3.99. The third-order valence-electron chi connectivity index (χ3n) is 4.95. The van der Waals surface area contributed by atoms with Gasteiger partial charge in [0, 0.05) is 25.6 Å². The molecule has 0 spiro atoms. The van der Waals surface area contributed by atoms with Crippen molar-refractivity contribution in [3.63, 3.8) is 0 Å². The number of para-hydroxylation sites is 1. The van der Waals surface area contributed by atoms with Crippen LogP contribution in [0.5, 0.6) is 5.75 Å². The minimum Gasteiger partial charge on any atom is -0.495 e. The molecule has 5 nitrogen and oxygen atoms in total. The monoisotopic (exact) mass is 290 g/mol. The lowest BCUT2D eigenvalue weighted by atomic mass is 9.73. The second-order valence-corrected chi connectivity index (χ2v) is 6.11. The molecule has 0 bridgehead atoms. The fourth-order valence-electron chi connectivity index (χ4n) is 3.99. The van der Waals surface area contributed by atoms with E-state index in [1.54, 1.807) is 7.11 Å². The van der Waals surface area contributed by atoms with Crippen molar-refractivity contribution in [2.45, 2.75) is 18.4 Å². The summed E-state index contributed by atoms with van der Waals surface area (Å²) < 4.78 is 5.47. The zero-order valence-electron chi connectivity index (χ0n) is 12.7. The van der Waals surface area contributed by atoms with Crippen LogP contribution in [-0.2, 0) is 4.79 Å². The van der Waals surface area contributed by atoms with E-state index in [9.17, 15) is 9.90 Å². The summed E-state index contributed by atoms with van der Waals surface area (Å²) in [5, 5.41) is 9.78. The first-order chi connectivity index (χ1) is 10.0. The van der Waals surface area contributed by atoms with Crippen LogP contribution in [0.3, 0.4) is 0 Å². The van der Waals surface area contributed by atoms with Gasteiger partial charge in [0.05, 0.1) is 18.7 Å². The van der Waals surface area contributed by atoms with E-state index < -0.39 is 11.9 Å². The van der Waals surface area contributed by atoms with Gasteiger partial charge >= 0.3 is 5.97 Å². The quantitative estimate of drug-likeness (QED) is 0.897. The number of carbonyl (C=O) groups is 1. The Morgan fingerprint density at radius 2 is 2.14 bits per heavy atom. The van der Waals surface area contributed by atoms with Crippen LogP contribution in [0.25, 0.3) is 0 Å². The third-order valence-corrected chi connectivity index (χ3v) is 4.95. The van der Waals surface area contributed by atoms with Crippen molar-refractivity contribution >= 4 is 11.7 Å². The molecule has 0 aliphatic carbocycles. The van der Waals surface area contributed by atoms with Crippen LogP contribution in [0.2, 0.25) is 0 Å². The van der Waals surface area contributed by atoms with E-state index >= 15 is 0 Å². The minimum absolute atomic E-state index is 0.117. The molecule has 1 aromatic carbocycles. The molecule has 0 saturated carbocycles. The Hall–Kier alpha value is -1.75. The highest BCUT2D eigenvalue weighted by Crippen LogP contribution is 2.48. The molecule has 3 rings (SSSR count). The first-order valence-electron chi connectivity index (χ1n) is 7.35. The molecule has 3 atom stereocenters. The van der Waals surface area contributed by atoms with Gasteiger partial charge in [-0.2, -0.15) is 0 Å². The molecule has 0 aromatic heterocycles. The maximum Gasteiger partial charge on any atom is 0.311 e. The number of fused-ring (bicyclic) bond motifs is 2. The number of likely N-dealkylation sites (tertiary alicyclic amines) is 1. The van der Waals surface area contributed by atoms with Crippen molar-refractivity contribution in [3.8, 4) is 5.75 Å². The lowest BCUT2D eigenvalue weighted by molar-refractivity contribution is -0.141. The number of hydrogen-bond acceptors (Lipinski definition) is 4. The Balaban J connectivity index is 2.14. The van der Waals surface area contributed by atoms with E-state index in [-0.39, 0.29) is 12.0 Å². The first kappa shape index (κ1) is 14.2. The predicted octanol–water partition coefficient (Wildman–Crippen LogP) is 1.63. The molecule has 2 heterocycles. The van der Waals surface area contributed by atoms with Crippen molar-refractivity contribution in [3.05, 3.63) is 23.8 Å². The SMILES string of the molecule is COc1cccc2c1N(C)C1CCN(C)CC1C2C(=O)O. The Bertz CT molecular complexity index is 560. The zero-order valence-corrected chi connectivity index (χ0v) is 12.7. The van der Waals surface area contributed by atoms with Gasteiger partial charge in [-0.1, -0.05) is 12.1 Å². The maximum absolute atomic E-state index is 11.9. The van der Waals surface area contributed by atoms with Crippen molar-refractivity contribution in [2.75, 3.05) is 39.2 Å². The number of hydrogen-bond donors (Lipinski definition) is 1. The van der Waals surface area contributed by atoms with Crippen LogP contribution in [0.4, 0.5) is 5.69 Å². The summed E-state index contributed by atoms with van der Waals surface area (Å²) in [5.41, 5.74) is 1.82. The molecule has 0 radical (unpaired) electrons. The molecule has 1 aromatic rings. The maximum atomic E-state index is 11.9. The van der Waals surface area contributed by atoms with Gasteiger partial charge in [-0.15, -0.1) is 0 Å². The van der Waals surface area contributed by atoms with E-state index in [0.717, 1.165) is 36.5 Å². The Labute approximate surface area is 125 Å². The normalized spacial score (nSPS) is 28.7. The molecule has 0 amide bonds. The van der Waals surface area contributed by atoms with Crippen LogP contribution in [0.15, 0.2) is 18.2 Å². The molecule has 1 N–H and O–H groups in total. The van der Waals surface area contributed by atoms with Crippen molar-refractivity contribution in [1.29, 1.82) is 0 Å². The predicted molar refractivity (Wildman–Crippen MR) is 81.2 cm³/mol. The Kier molecular flexibility index (Phi) is 3.53. The summed E-state index contributed by atoms with van der Waals surface area (Å²) in [6.45, 7) is 1.82. The topological polar surface area (TPSA) is 53.0 Å². The average Bonchev–Trinajstić information content (AvgIpc) is 2.46. The van der Waals surface area contributed by atoms with Gasteiger partial charge in [0.1, 0.15) is 5.75 Å². The minimum atomic E-state index is -0.733. The fraction of sp³-hybridized carbons (Fsp3) is 0.562. The van der Waals surface area contributed by atoms with Crippen molar-refractivity contribution in [1.82, 2.24) is 4.90 Å². The van der Waals surface area contributed by atoms with E-state index in [1.165, 1.54) is 0 Å². The van der Waals surface area contributed by atoms with E-state index in [1.807, 2.05) is 18.2 Å². The Morgan fingerprint density at radius 1 is 1.38 bits per heavy atom. The van der Waals surface area contributed by atoms with Crippen LogP contribution in [-0.4, -0.2) is 56.3 Å². The molecule has 5 heteroatoms. The second kappa shape index (κ2) is 5.22. The van der Waals surface area contributed by atoms with Crippen LogP contribution >= 0.6 is 0 Å². The summed E-state index contributed by atoms with van der Waals surface area (Å²) in [6, 6.07) is 5.97. The molecule has 3 unspecified atom stereocenters. The van der Waals surface area contributed by atoms with Gasteiger partial charge in [0.15, 0.2) is 0 Å². The average molecular weight is 290 g/mol. The van der Waals surface area contributed by atoms with Gasteiger partial charge in [0.2, 0.25) is 0 Å². The lowest BCUT2D eigenvalue weighted by Gasteiger charge is -2.49. The summed E-state index contributed by atoms with van der Waals surface area (Å²) in [5.74, 6) is -0.313. The molecule has 2 aliphatic heterocycles. The van der Waals surface area contributed by atoms with Crippen molar-refractivity contribution in [2.24, 2.45) is 5.92 Å². The molecule has 1 saturated heterocycles. The van der Waals surface area contributed by atoms with E-state index in [4.69, 9.17) is 4.74 Å². The highest BCUT2D eigenvalue weighted by atomic mass is 16.5. The number of carboxylic acid groups (broad SMARTS) is 1. The van der Waals surface area contributed by atoms with Gasteiger partial charge in [-0.05, 0) is 31.6 Å². The molecule has 2 aliphatic rings. The molecule has 1 fully saturated rings. The number of aliphatic carboxylic acids is 1. The molecular weight excluding hydrogens is 268 g/mol. The molecular formula is C16H22N2O3. The van der Waals surface area contributed by atoms with Crippen LogP contribution in [0, 0.1) is 5.92 Å². The largest absolute Gasteiger partial charge is 0.495 e. The standard InChI is InChI=1S/C16H22N2O3/c1-17-8-7-12-11(9-17)14(16(19)20)10-5-4-6-13(21-3)15(10)18(12)2/h4-6,11-12,14H,7-9H2,1-3H3,(H,19,20). The number of ether oxygens (including phenoxy) is 1. The number of methoxy groups -OCH3 is 1. The van der Waals surface area contributed by atoms with Gasteiger partial charge in [-0.25, -0.2) is 0 Å². The summed E-state index contributed by atoms with van der Waals surface area (Å²) >= 11 is 0. The van der Waals surface area contributed by atoms with E-state index in [0.29, 0.717) is 0 Å². The summed E-state index contributed by atoms with van der Waals surface area (Å²) in [7, 11) is 5.76. The number of carboxylic acids is 1. The number of nitrogens with zero attached hydrogens (tertiary/aromatic N) is 2. The highest BCUT2D eigenvalue weighted by Gasteiger charge is 2.46. The first-order valence-corrected chi connectivity index (χ1v) is 7.35. The van der Waals surface area contributed by atoms with E-state index in [2.05, 4.69) is 23.9 Å². The van der Waals surface area contributed by atoms with Gasteiger partial charge < -0.3 is 19.6 Å². The molecule has 114 valence electrons. The third kappa shape index (κ3) is 2.16. The number of benzene rings is 1. The molecule has 21 heavy (non-hydrogen) atoms. The van der Waals surface area contributed by atoms with Crippen LogP contribution in [0.1, 0.15) is 17.9 Å². The number of anilines is 1. The van der Waals surface area contributed by atoms with Crippen molar-refractivity contribution < 1.29 is 14.6 Å².